The number of para-hydroxylation sites is 1. The molecular formula is C27H26N2OS. The van der Waals surface area contributed by atoms with E-state index in [0.29, 0.717) is 6.42 Å². The van der Waals surface area contributed by atoms with Crippen LogP contribution in [0.15, 0.2) is 95.9 Å². The van der Waals surface area contributed by atoms with Crippen LogP contribution in [-0.2, 0) is 0 Å². The van der Waals surface area contributed by atoms with Crippen LogP contribution in [0.25, 0.3) is 10.8 Å². The number of hydrogen-bond donors (Lipinski definition) is 1. The number of ketones is 1. The largest absolute Gasteiger partial charge is 0.398 e. The molecule has 0 saturated carbocycles. The third-order valence-corrected chi connectivity index (χ3v) is 6.76. The molecule has 0 saturated heterocycles. The van der Waals surface area contributed by atoms with Gasteiger partial charge in [0, 0.05) is 47.6 Å². The zero-order valence-electron chi connectivity index (χ0n) is 17.8. The van der Waals surface area contributed by atoms with Crippen LogP contribution in [0.4, 0.5) is 11.4 Å². The van der Waals surface area contributed by atoms with Gasteiger partial charge in [-0.25, -0.2) is 0 Å². The molecule has 0 spiro atoms. The minimum absolute atomic E-state index is 0.0279. The first-order valence-corrected chi connectivity index (χ1v) is 11.2. The van der Waals surface area contributed by atoms with Crippen molar-refractivity contribution in [2.75, 3.05) is 24.7 Å². The molecule has 4 heteroatoms. The molecule has 0 aromatic heterocycles. The van der Waals surface area contributed by atoms with E-state index in [1.54, 1.807) is 11.8 Å². The molecule has 0 aliphatic heterocycles. The second-order valence-electron chi connectivity index (χ2n) is 7.82. The number of thioether (sulfide) groups is 1. The third-order valence-electron chi connectivity index (χ3n) is 5.41. The van der Waals surface area contributed by atoms with Gasteiger partial charge in [-0.05, 0) is 46.7 Å². The molecule has 1 atom stereocenters. The lowest BCUT2D eigenvalue weighted by molar-refractivity contribution is 0.0982. The fraction of sp³-hybridized carbons (Fsp3) is 0.148. The number of nitrogens with two attached hydrogens (primary N) is 1. The number of carbonyl (C=O) groups excluding carboxylic acids is 1. The highest BCUT2D eigenvalue weighted by atomic mass is 32.2. The Morgan fingerprint density at radius 2 is 1.55 bits per heavy atom. The van der Waals surface area contributed by atoms with Gasteiger partial charge in [-0.15, -0.1) is 11.8 Å². The number of nitrogen functional groups attached to an aromatic ring is 1. The van der Waals surface area contributed by atoms with Crippen molar-refractivity contribution in [1.29, 1.82) is 0 Å². The predicted molar refractivity (Wildman–Crippen MR) is 133 cm³/mol. The summed E-state index contributed by atoms with van der Waals surface area (Å²) in [5.74, 6) is 0.134. The predicted octanol–water partition coefficient (Wildman–Crippen LogP) is 6.59. The highest BCUT2D eigenvalue weighted by Gasteiger charge is 2.20. The van der Waals surface area contributed by atoms with Crippen molar-refractivity contribution in [3.8, 4) is 0 Å². The molecule has 0 bridgehead atoms. The van der Waals surface area contributed by atoms with Crippen molar-refractivity contribution in [3.05, 3.63) is 102 Å². The molecule has 0 heterocycles. The first-order chi connectivity index (χ1) is 15.0. The van der Waals surface area contributed by atoms with Gasteiger partial charge >= 0.3 is 0 Å². The number of Topliss-reactive ketones (excluding diaryl/α,β-unsaturated/α-hetero) is 1. The minimum atomic E-state index is -0.0279. The summed E-state index contributed by atoms with van der Waals surface area (Å²) < 4.78 is 0. The van der Waals surface area contributed by atoms with Gasteiger partial charge in [0.15, 0.2) is 5.78 Å². The number of carbonyl (C=O) groups is 1. The standard InChI is InChI=1S/C27H26N2OS/c1-29(2)23-15-13-20(14-16-23)27(31-26-10-6-5-9-24(26)28)18-25(30)22-12-11-19-7-3-4-8-21(19)17-22/h3-17,27H,18,28H2,1-2H3. The Morgan fingerprint density at radius 1 is 0.871 bits per heavy atom. The van der Waals surface area contributed by atoms with Gasteiger partial charge < -0.3 is 10.6 Å². The molecule has 0 fully saturated rings. The van der Waals surface area contributed by atoms with Gasteiger partial charge in [0.05, 0.1) is 0 Å². The molecule has 4 aromatic rings. The van der Waals surface area contributed by atoms with Crippen LogP contribution >= 0.6 is 11.8 Å². The van der Waals surface area contributed by atoms with E-state index in [2.05, 4.69) is 35.2 Å². The van der Waals surface area contributed by atoms with E-state index in [1.165, 1.54) is 0 Å². The van der Waals surface area contributed by atoms with Crippen LogP contribution in [0.2, 0.25) is 0 Å². The van der Waals surface area contributed by atoms with E-state index in [0.717, 1.165) is 38.2 Å². The molecule has 4 aromatic carbocycles. The van der Waals surface area contributed by atoms with Crippen LogP contribution in [0, 0.1) is 0 Å². The van der Waals surface area contributed by atoms with Crippen LogP contribution < -0.4 is 10.6 Å². The van der Waals surface area contributed by atoms with Crippen molar-refractivity contribution in [3.63, 3.8) is 0 Å². The molecule has 2 N–H and O–H groups in total. The smallest absolute Gasteiger partial charge is 0.164 e. The first-order valence-electron chi connectivity index (χ1n) is 10.3. The highest BCUT2D eigenvalue weighted by Crippen LogP contribution is 2.41. The zero-order valence-corrected chi connectivity index (χ0v) is 18.6. The van der Waals surface area contributed by atoms with E-state index >= 15 is 0 Å². The molecule has 0 radical (unpaired) electrons. The maximum atomic E-state index is 13.3. The Morgan fingerprint density at radius 3 is 2.26 bits per heavy atom. The Kier molecular flexibility index (Phi) is 6.28. The topological polar surface area (TPSA) is 46.3 Å². The van der Waals surface area contributed by atoms with Crippen molar-refractivity contribution >= 4 is 39.7 Å². The lowest BCUT2D eigenvalue weighted by atomic mass is 9.99. The minimum Gasteiger partial charge on any atom is -0.398 e. The lowest BCUT2D eigenvalue weighted by Gasteiger charge is -2.19. The summed E-state index contributed by atoms with van der Waals surface area (Å²) in [6, 6.07) is 30.3. The van der Waals surface area contributed by atoms with Crippen LogP contribution in [0.5, 0.6) is 0 Å². The molecule has 4 rings (SSSR count). The molecule has 0 aliphatic carbocycles. The number of fused-ring (bicyclic) bond motifs is 1. The summed E-state index contributed by atoms with van der Waals surface area (Å²) in [5, 5.41) is 2.20. The third kappa shape index (κ3) is 4.92. The van der Waals surface area contributed by atoms with Gasteiger partial charge in [-0.3, -0.25) is 4.79 Å². The molecule has 156 valence electrons. The van der Waals surface area contributed by atoms with Gasteiger partial charge in [0.2, 0.25) is 0 Å². The highest BCUT2D eigenvalue weighted by molar-refractivity contribution is 7.99. The summed E-state index contributed by atoms with van der Waals surface area (Å²) in [6.07, 6.45) is 0.401. The van der Waals surface area contributed by atoms with E-state index in [1.807, 2.05) is 74.8 Å². The molecular weight excluding hydrogens is 400 g/mol. The summed E-state index contributed by atoms with van der Waals surface area (Å²) in [7, 11) is 4.05. The Labute approximate surface area is 187 Å². The molecule has 31 heavy (non-hydrogen) atoms. The SMILES string of the molecule is CN(C)c1ccc(C(CC(=O)c2ccc3ccccc3c2)Sc2ccccc2N)cc1. The van der Waals surface area contributed by atoms with Crippen LogP contribution in [0.1, 0.15) is 27.6 Å². The number of benzene rings is 4. The average molecular weight is 427 g/mol. The summed E-state index contributed by atoms with van der Waals surface area (Å²) in [5.41, 5.74) is 9.94. The van der Waals surface area contributed by atoms with Gasteiger partial charge in [0.25, 0.3) is 0 Å². The van der Waals surface area contributed by atoms with E-state index < -0.39 is 0 Å². The van der Waals surface area contributed by atoms with E-state index in [9.17, 15) is 4.79 Å². The monoisotopic (exact) mass is 426 g/mol. The fourth-order valence-corrected chi connectivity index (χ4v) is 4.80. The Balaban J connectivity index is 1.64. The number of nitrogens with zero attached hydrogens (tertiary/aromatic N) is 1. The molecule has 3 nitrogen and oxygen atoms in total. The van der Waals surface area contributed by atoms with Gasteiger partial charge in [-0.2, -0.15) is 0 Å². The van der Waals surface area contributed by atoms with E-state index in [4.69, 9.17) is 5.73 Å². The second-order valence-corrected chi connectivity index (χ2v) is 9.06. The maximum absolute atomic E-state index is 13.3. The average Bonchev–Trinajstić information content (AvgIpc) is 2.79. The Bertz CT molecular complexity index is 1200. The van der Waals surface area contributed by atoms with Gasteiger partial charge in [0.1, 0.15) is 0 Å². The quantitative estimate of drug-likeness (QED) is 0.206. The molecule has 0 amide bonds. The maximum Gasteiger partial charge on any atom is 0.164 e. The summed E-state index contributed by atoms with van der Waals surface area (Å²) in [4.78, 5) is 16.3. The van der Waals surface area contributed by atoms with Gasteiger partial charge in [-0.1, -0.05) is 60.7 Å². The summed E-state index contributed by atoms with van der Waals surface area (Å²) in [6.45, 7) is 0. The van der Waals surface area contributed by atoms with Crippen molar-refractivity contribution < 1.29 is 4.79 Å². The normalized spacial score (nSPS) is 11.9. The number of rotatable bonds is 7. The van der Waals surface area contributed by atoms with Crippen LogP contribution in [-0.4, -0.2) is 19.9 Å². The fourth-order valence-electron chi connectivity index (χ4n) is 3.60. The second kappa shape index (κ2) is 9.27. The lowest BCUT2D eigenvalue weighted by Crippen LogP contribution is -2.09. The summed E-state index contributed by atoms with van der Waals surface area (Å²) >= 11 is 1.65. The van der Waals surface area contributed by atoms with E-state index in [-0.39, 0.29) is 11.0 Å². The molecule has 0 aliphatic rings. The van der Waals surface area contributed by atoms with Crippen LogP contribution in [0.3, 0.4) is 0 Å². The first kappa shape index (κ1) is 21.0. The van der Waals surface area contributed by atoms with Crippen molar-refractivity contribution in [2.24, 2.45) is 0 Å². The number of anilines is 2. The molecule has 1 unspecified atom stereocenters. The number of hydrogen-bond acceptors (Lipinski definition) is 4. The van der Waals surface area contributed by atoms with Crippen molar-refractivity contribution in [1.82, 2.24) is 0 Å². The van der Waals surface area contributed by atoms with Crippen molar-refractivity contribution in [2.45, 2.75) is 16.6 Å². The zero-order chi connectivity index (χ0) is 21.8. The Hall–Kier alpha value is -3.24.